The number of para-hydroxylation sites is 2. The summed E-state index contributed by atoms with van der Waals surface area (Å²) < 4.78 is 7.77. The second-order valence-electron chi connectivity index (χ2n) is 8.62. The van der Waals surface area contributed by atoms with Gasteiger partial charge in [0.25, 0.3) is 0 Å². The predicted molar refractivity (Wildman–Crippen MR) is 126 cm³/mol. The molecule has 166 valence electrons. The van der Waals surface area contributed by atoms with E-state index in [1.807, 2.05) is 0 Å². The Kier molecular flexibility index (Phi) is 5.26. The molecule has 3 aliphatic rings. The average Bonchev–Trinajstić information content (AvgIpc) is 3.25. The maximum Gasteiger partial charge on any atom is 0.216 e. The van der Waals surface area contributed by atoms with Gasteiger partial charge in [-0.3, -0.25) is 19.3 Å². The monoisotopic (exact) mass is 431 g/mol. The highest BCUT2D eigenvalue weighted by molar-refractivity contribution is 5.98. The van der Waals surface area contributed by atoms with Gasteiger partial charge in [0, 0.05) is 19.6 Å². The molecule has 4 heterocycles. The quantitative estimate of drug-likeness (QED) is 0.669. The molecular formula is C24H29N7O. The summed E-state index contributed by atoms with van der Waals surface area (Å²) in [6.07, 6.45) is 1.11. The lowest BCUT2D eigenvalue weighted by atomic mass is 10.1. The zero-order valence-electron chi connectivity index (χ0n) is 18.2. The topological polar surface area (TPSA) is 61.2 Å². The van der Waals surface area contributed by atoms with Crippen molar-refractivity contribution in [3.8, 4) is 0 Å². The van der Waals surface area contributed by atoms with Crippen molar-refractivity contribution in [2.45, 2.75) is 12.6 Å². The van der Waals surface area contributed by atoms with Crippen molar-refractivity contribution in [3.05, 3.63) is 60.2 Å². The number of ether oxygens (including phenoxy) is 1. The predicted octanol–water partition coefficient (Wildman–Crippen LogP) is 2.30. The fourth-order valence-corrected chi connectivity index (χ4v) is 4.86. The van der Waals surface area contributed by atoms with Crippen LogP contribution in [0.1, 0.15) is 18.2 Å². The number of guanidine groups is 1. The van der Waals surface area contributed by atoms with Crippen LogP contribution in [-0.4, -0.2) is 78.0 Å². The van der Waals surface area contributed by atoms with Gasteiger partial charge in [-0.25, -0.2) is 9.98 Å². The molecule has 1 unspecified atom stereocenters. The van der Waals surface area contributed by atoms with E-state index < -0.39 is 0 Å². The molecule has 0 bridgehead atoms. The molecule has 1 fully saturated rings. The number of fused-ring (bicyclic) bond motifs is 5. The van der Waals surface area contributed by atoms with Gasteiger partial charge in [0.05, 0.1) is 37.6 Å². The number of aliphatic imine (C=N–C) groups is 1. The molecule has 0 saturated carbocycles. The lowest BCUT2D eigenvalue weighted by Crippen LogP contribution is -2.57. The van der Waals surface area contributed by atoms with Gasteiger partial charge in [0.2, 0.25) is 11.9 Å². The Morgan fingerprint density at radius 3 is 2.59 bits per heavy atom. The molecule has 0 amide bonds. The number of benzene rings is 2. The summed E-state index contributed by atoms with van der Waals surface area (Å²) in [4.78, 5) is 17.0. The number of hydrogen-bond acceptors (Lipinski definition) is 7. The van der Waals surface area contributed by atoms with Crippen LogP contribution in [0, 0.1) is 0 Å². The first kappa shape index (κ1) is 19.7. The maximum atomic E-state index is 5.46. The Bertz CT molecular complexity index is 1110. The third-order valence-corrected chi connectivity index (χ3v) is 6.53. The minimum Gasteiger partial charge on any atom is -0.379 e. The Hall–Kier alpha value is -2.94. The zero-order chi connectivity index (χ0) is 21.3. The Morgan fingerprint density at radius 1 is 0.938 bits per heavy atom. The highest BCUT2D eigenvalue weighted by Crippen LogP contribution is 2.33. The van der Waals surface area contributed by atoms with Crippen LogP contribution in [0.25, 0.3) is 11.0 Å². The first-order chi connectivity index (χ1) is 15.9. The fraction of sp³-hybridized carbons (Fsp3) is 0.417. The van der Waals surface area contributed by atoms with Crippen molar-refractivity contribution >= 4 is 22.9 Å². The van der Waals surface area contributed by atoms with Crippen molar-refractivity contribution in [2.75, 3.05) is 57.6 Å². The van der Waals surface area contributed by atoms with Gasteiger partial charge in [-0.1, -0.05) is 42.5 Å². The number of nitrogens with zero attached hydrogens (tertiary/aromatic N) is 6. The van der Waals surface area contributed by atoms with E-state index in [1.54, 1.807) is 0 Å². The highest BCUT2D eigenvalue weighted by atomic mass is 16.5. The van der Waals surface area contributed by atoms with Gasteiger partial charge in [-0.15, -0.1) is 0 Å². The van der Waals surface area contributed by atoms with E-state index >= 15 is 0 Å². The molecule has 2 aromatic carbocycles. The average molecular weight is 432 g/mol. The lowest BCUT2D eigenvalue weighted by Gasteiger charge is -2.41. The van der Waals surface area contributed by atoms with Crippen LogP contribution in [0.5, 0.6) is 0 Å². The molecule has 1 N–H and O–H groups in total. The van der Waals surface area contributed by atoms with Crippen LogP contribution in [0.15, 0.2) is 59.6 Å². The Balaban J connectivity index is 1.26. The molecule has 3 aliphatic heterocycles. The van der Waals surface area contributed by atoms with Crippen molar-refractivity contribution in [2.24, 2.45) is 4.99 Å². The summed E-state index contributed by atoms with van der Waals surface area (Å²) in [5.41, 5.74) is 3.34. The van der Waals surface area contributed by atoms with E-state index in [0.29, 0.717) is 6.67 Å². The van der Waals surface area contributed by atoms with Gasteiger partial charge in [0.15, 0.2) is 0 Å². The molecule has 1 atom stereocenters. The number of nitrogens with one attached hydrogen (secondary N) is 1. The Labute approximate surface area is 188 Å². The Morgan fingerprint density at radius 2 is 1.72 bits per heavy atom. The SMILES string of the molecule is c1ccc(C2NC3=NCN(CCCN4CCOCC4)CN3c3nc4ccccc4n32)cc1. The third kappa shape index (κ3) is 3.64. The first-order valence-electron chi connectivity index (χ1n) is 11.5. The number of morpholine rings is 1. The van der Waals surface area contributed by atoms with Crippen molar-refractivity contribution in [1.82, 2.24) is 24.7 Å². The zero-order valence-corrected chi connectivity index (χ0v) is 18.2. The molecule has 1 aromatic heterocycles. The minimum atomic E-state index is -0.0264. The number of imidazole rings is 1. The second kappa shape index (κ2) is 8.54. The van der Waals surface area contributed by atoms with Gasteiger partial charge in [0.1, 0.15) is 6.17 Å². The summed E-state index contributed by atoms with van der Waals surface area (Å²) in [6.45, 7) is 7.44. The largest absolute Gasteiger partial charge is 0.379 e. The molecular weight excluding hydrogens is 402 g/mol. The molecule has 1 saturated heterocycles. The van der Waals surface area contributed by atoms with Crippen molar-refractivity contribution in [3.63, 3.8) is 0 Å². The van der Waals surface area contributed by atoms with Gasteiger partial charge < -0.3 is 10.1 Å². The van der Waals surface area contributed by atoms with Crippen molar-refractivity contribution < 1.29 is 4.74 Å². The van der Waals surface area contributed by atoms with Crippen LogP contribution in [0.3, 0.4) is 0 Å². The lowest BCUT2D eigenvalue weighted by molar-refractivity contribution is 0.0361. The van der Waals surface area contributed by atoms with Crippen LogP contribution in [0.4, 0.5) is 5.95 Å². The summed E-state index contributed by atoms with van der Waals surface area (Å²) in [5, 5.41) is 3.68. The minimum absolute atomic E-state index is 0.0264. The van der Waals surface area contributed by atoms with E-state index in [0.717, 1.165) is 75.4 Å². The number of rotatable bonds is 5. The fourth-order valence-electron chi connectivity index (χ4n) is 4.86. The van der Waals surface area contributed by atoms with Crippen LogP contribution < -0.4 is 10.2 Å². The number of aromatic nitrogens is 2. The van der Waals surface area contributed by atoms with Gasteiger partial charge in [-0.05, 0) is 30.7 Å². The number of hydrogen-bond donors (Lipinski definition) is 1. The molecule has 6 rings (SSSR count). The molecule has 8 heteroatoms. The van der Waals surface area contributed by atoms with Crippen LogP contribution >= 0.6 is 0 Å². The summed E-state index contributed by atoms with van der Waals surface area (Å²) in [6, 6.07) is 18.9. The van der Waals surface area contributed by atoms with E-state index in [9.17, 15) is 0 Å². The summed E-state index contributed by atoms with van der Waals surface area (Å²) in [5.74, 6) is 1.86. The standard InChI is InChI=1S/C24H29N7O/c1-2-7-19(8-3-1)22-27-23-25-17-29(12-6-11-28-13-15-32-16-14-28)18-30(23)24-26-20-9-4-5-10-21(20)31(22)24/h1-5,7-10,22H,6,11-18H2,(H,25,27). The number of anilines is 1. The molecule has 0 aliphatic carbocycles. The van der Waals surface area contributed by atoms with Crippen LogP contribution in [0.2, 0.25) is 0 Å². The second-order valence-corrected chi connectivity index (χ2v) is 8.62. The highest BCUT2D eigenvalue weighted by Gasteiger charge is 2.35. The molecule has 8 nitrogen and oxygen atoms in total. The smallest absolute Gasteiger partial charge is 0.216 e. The van der Waals surface area contributed by atoms with Gasteiger partial charge in [-0.2, -0.15) is 0 Å². The molecule has 32 heavy (non-hydrogen) atoms. The van der Waals surface area contributed by atoms with Gasteiger partial charge >= 0.3 is 0 Å². The molecule has 0 spiro atoms. The van der Waals surface area contributed by atoms with E-state index in [4.69, 9.17) is 14.7 Å². The maximum absolute atomic E-state index is 5.46. The normalized spacial score (nSPS) is 21.7. The van der Waals surface area contributed by atoms with E-state index in [1.165, 1.54) is 5.56 Å². The van der Waals surface area contributed by atoms with E-state index in [-0.39, 0.29) is 6.17 Å². The molecule has 0 radical (unpaired) electrons. The van der Waals surface area contributed by atoms with E-state index in [2.05, 4.69) is 79.2 Å². The summed E-state index contributed by atoms with van der Waals surface area (Å²) in [7, 11) is 0. The third-order valence-electron chi connectivity index (χ3n) is 6.53. The summed E-state index contributed by atoms with van der Waals surface area (Å²) >= 11 is 0. The van der Waals surface area contributed by atoms with Crippen molar-refractivity contribution in [1.29, 1.82) is 0 Å². The van der Waals surface area contributed by atoms with Crippen LogP contribution in [-0.2, 0) is 4.74 Å². The molecule has 3 aromatic rings. The first-order valence-corrected chi connectivity index (χ1v) is 11.5.